The smallest absolute Gasteiger partial charge is 0.341 e. The molecule has 1 aliphatic rings. The molecule has 0 unspecified atom stereocenters. The molecule has 4 rings (SSSR count). The van der Waals surface area contributed by atoms with Crippen LogP contribution in [0.25, 0.3) is 5.69 Å². The molecular formula is C23H28N6O3. The minimum atomic E-state index is -0.241. The van der Waals surface area contributed by atoms with Gasteiger partial charge in [-0.15, -0.1) is 0 Å². The fourth-order valence-electron chi connectivity index (χ4n) is 4.21. The summed E-state index contributed by atoms with van der Waals surface area (Å²) in [6.45, 7) is 6.72. The van der Waals surface area contributed by atoms with E-state index in [4.69, 9.17) is 0 Å². The van der Waals surface area contributed by atoms with Gasteiger partial charge in [-0.3, -0.25) is 14.2 Å². The molecule has 0 spiro atoms. The van der Waals surface area contributed by atoms with Crippen molar-refractivity contribution in [1.29, 1.82) is 0 Å². The minimum absolute atomic E-state index is 0.00378. The lowest BCUT2D eigenvalue weighted by Gasteiger charge is -2.32. The molecule has 0 radical (unpaired) electrons. The number of likely N-dealkylation sites (tertiary alicyclic amines) is 1. The molecule has 9 nitrogen and oxygen atoms in total. The SMILES string of the molecule is Cc1ccccc1-n1c(CC2CCN(C(=O)Cn3cnc(C)c(C)c3=O)CC2)n[nH]c1=O. The molecule has 0 atom stereocenters. The number of carbonyl (C=O) groups is 1. The quantitative estimate of drug-likeness (QED) is 0.653. The number of para-hydroxylation sites is 1. The van der Waals surface area contributed by atoms with Gasteiger partial charge in [-0.1, -0.05) is 18.2 Å². The molecule has 168 valence electrons. The molecule has 3 heterocycles. The predicted molar refractivity (Wildman–Crippen MR) is 120 cm³/mol. The van der Waals surface area contributed by atoms with E-state index in [1.807, 2.05) is 31.2 Å². The van der Waals surface area contributed by atoms with Crippen molar-refractivity contribution in [3.05, 3.63) is 74.1 Å². The average Bonchev–Trinajstić information content (AvgIpc) is 3.14. The van der Waals surface area contributed by atoms with Gasteiger partial charge in [-0.2, -0.15) is 5.10 Å². The highest BCUT2D eigenvalue weighted by Crippen LogP contribution is 2.22. The first kappa shape index (κ1) is 21.7. The first-order valence-electron chi connectivity index (χ1n) is 10.9. The molecular weight excluding hydrogens is 408 g/mol. The third-order valence-corrected chi connectivity index (χ3v) is 6.36. The van der Waals surface area contributed by atoms with Crippen LogP contribution in [0.15, 0.2) is 40.2 Å². The zero-order valence-electron chi connectivity index (χ0n) is 18.7. The molecule has 1 saturated heterocycles. The van der Waals surface area contributed by atoms with Crippen molar-refractivity contribution in [2.24, 2.45) is 5.92 Å². The normalized spacial score (nSPS) is 14.7. The van der Waals surface area contributed by atoms with Crippen LogP contribution in [-0.2, 0) is 17.8 Å². The number of hydrogen-bond donors (Lipinski definition) is 1. The van der Waals surface area contributed by atoms with Gasteiger partial charge < -0.3 is 4.90 Å². The summed E-state index contributed by atoms with van der Waals surface area (Å²) in [7, 11) is 0. The molecule has 1 N–H and O–H groups in total. The summed E-state index contributed by atoms with van der Waals surface area (Å²) in [6, 6.07) is 7.74. The van der Waals surface area contributed by atoms with Gasteiger partial charge in [0.15, 0.2) is 0 Å². The maximum absolute atomic E-state index is 12.7. The van der Waals surface area contributed by atoms with Crippen molar-refractivity contribution < 1.29 is 4.79 Å². The maximum atomic E-state index is 12.7. The third-order valence-electron chi connectivity index (χ3n) is 6.36. The van der Waals surface area contributed by atoms with Crippen molar-refractivity contribution in [1.82, 2.24) is 29.2 Å². The first-order chi connectivity index (χ1) is 15.3. The van der Waals surface area contributed by atoms with Crippen molar-refractivity contribution in [3.63, 3.8) is 0 Å². The Hall–Kier alpha value is -3.49. The number of nitrogens with one attached hydrogen (secondary N) is 1. The standard InChI is InChI=1S/C23H28N6O3/c1-15-6-4-5-7-19(15)29-20(25-26-23(29)32)12-18-8-10-27(11-9-18)21(30)13-28-14-24-17(3)16(2)22(28)31/h4-7,14,18H,8-13H2,1-3H3,(H,26,32). The van der Waals surface area contributed by atoms with E-state index in [0.717, 1.165) is 24.1 Å². The van der Waals surface area contributed by atoms with Gasteiger partial charge in [-0.05, 0) is 51.2 Å². The van der Waals surface area contributed by atoms with Crippen LogP contribution in [0.5, 0.6) is 0 Å². The predicted octanol–water partition coefficient (Wildman–Crippen LogP) is 1.52. The highest BCUT2D eigenvalue weighted by molar-refractivity contribution is 5.76. The van der Waals surface area contributed by atoms with Gasteiger partial charge in [0.05, 0.1) is 12.0 Å². The molecule has 9 heteroatoms. The van der Waals surface area contributed by atoms with Crippen LogP contribution in [-0.4, -0.2) is 48.2 Å². The highest BCUT2D eigenvalue weighted by Gasteiger charge is 2.25. The van der Waals surface area contributed by atoms with Crippen LogP contribution in [0.3, 0.4) is 0 Å². The number of carbonyl (C=O) groups excluding carboxylic acids is 1. The topological polar surface area (TPSA) is 106 Å². The van der Waals surface area contributed by atoms with E-state index in [0.29, 0.717) is 42.5 Å². The van der Waals surface area contributed by atoms with Gasteiger partial charge in [0.25, 0.3) is 5.56 Å². The highest BCUT2D eigenvalue weighted by atomic mass is 16.2. The largest absolute Gasteiger partial charge is 0.347 e. The number of aromatic amines is 1. The van der Waals surface area contributed by atoms with Crippen LogP contribution in [0, 0.1) is 26.7 Å². The Bertz CT molecular complexity index is 1250. The molecule has 0 saturated carbocycles. The third kappa shape index (κ3) is 4.28. The molecule has 0 bridgehead atoms. The second-order valence-electron chi connectivity index (χ2n) is 8.48. The van der Waals surface area contributed by atoms with Crippen molar-refractivity contribution >= 4 is 5.91 Å². The lowest BCUT2D eigenvalue weighted by molar-refractivity contribution is -0.133. The Morgan fingerprint density at radius 2 is 1.84 bits per heavy atom. The lowest BCUT2D eigenvalue weighted by atomic mass is 9.93. The van der Waals surface area contributed by atoms with Gasteiger partial charge >= 0.3 is 5.69 Å². The first-order valence-corrected chi connectivity index (χ1v) is 10.9. The summed E-state index contributed by atoms with van der Waals surface area (Å²) in [4.78, 5) is 43.5. The van der Waals surface area contributed by atoms with E-state index >= 15 is 0 Å². The Morgan fingerprint density at radius 1 is 1.12 bits per heavy atom. The second-order valence-corrected chi connectivity index (χ2v) is 8.48. The van der Waals surface area contributed by atoms with E-state index in [1.165, 1.54) is 10.9 Å². The van der Waals surface area contributed by atoms with Crippen LogP contribution in [0.1, 0.15) is 35.5 Å². The van der Waals surface area contributed by atoms with E-state index < -0.39 is 0 Å². The van der Waals surface area contributed by atoms with Gasteiger partial charge in [0.1, 0.15) is 12.4 Å². The summed E-state index contributed by atoms with van der Waals surface area (Å²) >= 11 is 0. The number of benzene rings is 1. The molecule has 1 amide bonds. The van der Waals surface area contributed by atoms with E-state index in [2.05, 4.69) is 15.2 Å². The van der Waals surface area contributed by atoms with Crippen LogP contribution >= 0.6 is 0 Å². The molecule has 32 heavy (non-hydrogen) atoms. The number of H-pyrrole nitrogens is 1. The summed E-state index contributed by atoms with van der Waals surface area (Å²) in [5, 5.41) is 6.84. The van der Waals surface area contributed by atoms with Crippen molar-refractivity contribution in [3.8, 4) is 5.69 Å². The fraction of sp³-hybridized carbons (Fsp3) is 0.435. The Morgan fingerprint density at radius 3 is 2.56 bits per heavy atom. The van der Waals surface area contributed by atoms with Crippen molar-refractivity contribution in [2.45, 2.75) is 46.6 Å². The summed E-state index contributed by atoms with van der Waals surface area (Å²) in [6.07, 6.45) is 3.74. The summed E-state index contributed by atoms with van der Waals surface area (Å²) < 4.78 is 3.02. The summed E-state index contributed by atoms with van der Waals surface area (Å²) in [5.41, 5.74) is 2.68. The summed E-state index contributed by atoms with van der Waals surface area (Å²) in [5.74, 6) is 0.956. The number of nitrogens with zero attached hydrogens (tertiary/aromatic N) is 5. The van der Waals surface area contributed by atoms with Crippen LogP contribution in [0.2, 0.25) is 0 Å². The number of hydrogen-bond acceptors (Lipinski definition) is 5. The minimum Gasteiger partial charge on any atom is -0.341 e. The Balaban J connectivity index is 1.40. The van der Waals surface area contributed by atoms with Crippen LogP contribution < -0.4 is 11.2 Å². The molecule has 3 aromatic rings. The van der Waals surface area contributed by atoms with E-state index in [9.17, 15) is 14.4 Å². The number of rotatable bonds is 5. The van der Waals surface area contributed by atoms with Crippen molar-refractivity contribution in [2.75, 3.05) is 13.1 Å². The molecule has 0 aliphatic carbocycles. The van der Waals surface area contributed by atoms with Gasteiger partial charge in [0.2, 0.25) is 5.91 Å². The lowest BCUT2D eigenvalue weighted by Crippen LogP contribution is -2.42. The number of aryl methyl sites for hydroxylation is 2. The Kier molecular flexibility index (Phi) is 6.07. The zero-order chi connectivity index (χ0) is 22.8. The number of amides is 1. The van der Waals surface area contributed by atoms with Gasteiger partial charge in [0, 0.05) is 30.8 Å². The molecule has 1 fully saturated rings. The maximum Gasteiger partial charge on any atom is 0.347 e. The van der Waals surface area contributed by atoms with Gasteiger partial charge in [-0.25, -0.2) is 19.4 Å². The fourth-order valence-corrected chi connectivity index (χ4v) is 4.21. The Labute approximate surface area is 185 Å². The molecule has 2 aromatic heterocycles. The molecule has 1 aliphatic heterocycles. The number of aromatic nitrogens is 5. The monoisotopic (exact) mass is 436 g/mol. The second kappa shape index (κ2) is 8.94. The molecule has 1 aromatic carbocycles. The van der Waals surface area contributed by atoms with E-state index in [1.54, 1.807) is 23.3 Å². The van der Waals surface area contributed by atoms with E-state index in [-0.39, 0.29) is 23.7 Å². The zero-order valence-corrected chi connectivity index (χ0v) is 18.7. The van der Waals surface area contributed by atoms with Crippen LogP contribution in [0.4, 0.5) is 0 Å². The number of piperidine rings is 1. The average molecular weight is 437 g/mol.